The molecule has 1 aromatic carbocycles. The molecule has 7 heteroatoms. The highest BCUT2D eigenvalue weighted by atomic mass is 32.1. The first-order valence-electron chi connectivity index (χ1n) is 7.46. The molecule has 6 nitrogen and oxygen atoms in total. The van der Waals surface area contributed by atoms with Gasteiger partial charge in [0.05, 0.1) is 18.2 Å². The van der Waals surface area contributed by atoms with Crippen molar-refractivity contribution in [2.24, 2.45) is 0 Å². The summed E-state index contributed by atoms with van der Waals surface area (Å²) in [5, 5.41) is 7.87. The number of thiophene rings is 1. The summed E-state index contributed by atoms with van der Waals surface area (Å²) >= 11 is 1.28. The van der Waals surface area contributed by atoms with Gasteiger partial charge in [-0.15, -0.1) is 11.3 Å². The number of hydrogen-bond acceptors (Lipinski definition) is 5. The van der Waals surface area contributed by atoms with Crippen LogP contribution >= 0.6 is 11.3 Å². The smallest absolute Gasteiger partial charge is 0.337 e. The molecule has 1 aromatic heterocycles. The summed E-state index contributed by atoms with van der Waals surface area (Å²) in [6.07, 6.45) is 2.00. The molecule has 1 aliphatic rings. The van der Waals surface area contributed by atoms with Crippen LogP contribution in [0.4, 0.5) is 5.00 Å². The van der Waals surface area contributed by atoms with Crippen LogP contribution in [0.1, 0.15) is 43.9 Å². The van der Waals surface area contributed by atoms with Gasteiger partial charge in [0.2, 0.25) is 0 Å². The van der Waals surface area contributed by atoms with Crippen molar-refractivity contribution in [2.45, 2.75) is 18.9 Å². The van der Waals surface area contributed by atoms with E-state index in [0.29, 0.717) is 21.7 Å². The van der Waals surface area contributed by atoms with E-state index in [9.17, 15) is 14.4 Å². The normalized spacial score (nSPS) is 13.2. The lowest BCUT2D eigenvalue weighted by Gasteiger charge is -2.08. The number of anilines is 1. The van der Waals surface area contributed by atoms with Gasteiger partial charge in [-0.25, -0.2) is 4.79 Å². The third kappa shape index (κ3) is 3.62. The van der Waals surface area contributed by atoms with Gasteiger partial charge in [0, 0.05) is 11.6 Å². The molecule has 0 unspecified atom stereocenters. The third-order valence-corrected chi connectivity index (χ3v) is 4.43. The van der Waals surface area contributed by atoms with E-state index in [0.717, 1.165) is 12.8 Å². The highest BCUT2D eigenvalue weighted by Gasteiger charge is 2.25. The fourth-order valence-corrected chi connectivity index (χ4v) is 2.94. The minimum atomic E-state index is -0.509. The second-order valence-corrected chi connectivity index (χ2v) is 6.35. The SMILES string of the molecule is COC(=O)c1cccc(C(=O)Nc2sccc2C(=O)NC2CC2)c1. The molecule has 124 valence electrons. The fourth-order valence-electron chi connectivity index (χ4n) is 2.16. The molecule has 1 saturated carbocycles. The number of amides is 2. The van der Waals surface area contributed by atoms with Gasteiger partial charge in [0.1, 0.15) is 5.00 Å². The van der Waals surface area contributed by atoms with E-state index >= 15 is 0 Å². The summed E-state index contributed by atoms with van der Waals surface area (Å²) in [6.45, 7) is 0. The molecule has 0 saturated heterocycles. The highest BCUT2D eigenvalue weighted by Crippen LogP contribution is 2.26. The lowest BCUT2D eigenvalue weighted by atomic mass is 10.1. The zero-order valence-corrected chi connectivity index (χ0v) is 13.8. The average Bonchev–Trinajstić information content (AvgIpc) is 3.29. The highest BCUT2D eigenvalue weighted by molar-refractivity contribution is 7.14. The number of benzene rings is 1. The molecule has 0 radical (unpaired) electrons. The van der Waals surface area contributed by atoms with Crippen LogP contribution in [0.3, 0.4) is 0 Å². The van der Waals surface area contributed by atoms with Crippen LogP contribution in [0.25, 0.3) is 0 Å². The van der Waals surface area contributed by atoms with Gasteiger partial charge in [-0.1, -0.05) is 6.07 Å². The topological polar surface area (TPSA) is 84.5 Å². The largest absolute Gasteiger partial charge is 0.465 e. The first-order valence-corrected chi connectivity index (χ1v) is 8.34. The van der Waals surface area contributed by atoms with Gasteiger partial charge in [0.15, 0.2) is 0 Å². The van der Waals surface area contributed by atoms with Gasteiger partial charge in [-0.05, 0) is 42.5 Å². The number of carbonyl (C=O) groups is 3. The Morgan fingerprint density at radius 1 is 1.12 bits per heavy atom. The Hall–Kier alpha value is -2.67. The molecule has 0 bridgehead atoms. The van der Waals surface area contributed by atoms with Crippen molar-refractivity contribution in [1.82, 2.24) is 5.32 Å². The van der Waals surface area contributed by atoms with Crippen LogP contribution in [0.5, 0.6) is 0 Å². The second-order valence-electron chi connectivity index (χ2n) is 5.44. The van der Waals surface area contributed by atoms with Gasteiger partial charge in [-0.2, -0.15) is 0 Å². The Morgan fingerprint density at radius 3 is 2.58 bits per heavy atom. The molecule has 2 amide bonds. The first kappa shape index (κ1) is 16.2. The Kier molecular flexibility index (Phi) is 4.61. The summed E-state index contributed by atoms with van der Waals surface area (Å²) in [6, 6.07) is 8.16. The van der Waals surface area contributed by atoms with Crippen molar-refractivity contribution in [3.63, 3.8) is 0 Å². The predicted octanol–water partition coefficient (Wildman–Crippen LogP) is 2.68. The van der Waals surface area contributed by atoms with Crippen LogP contribution in [0, 0.1) is 0 Å². The molecule has 0 atom stereocenters. The quantitative estimate of drug-likeness (QED) is 0.817. The van der Waals surface area contributed by atoms with E-state index in [2.05, 4.69) is 15.4 Å². The summed E-state index contributed by atoms with van der Waals surface area (Å²) in [7, 11) is 1.28. The third-order valence-electron chi connectivity index (χ3n) is 3.60. The maximum absolute atomic E-state index is 12.4. The van der Waals surface area contributed by atoms with Crippen molar-refractivity contribution < 1.29 is 19.1 Å². The van der Waals surface area contributed by atoms with Crippen molar-refractivity contribution in [1.29, 1.82) is 0 Å². The molecule has 2 aromatic rings. The molecule has 3 rings (SSSR count). The number of rotatable bonds is 5. The zero-order valence-electron chi connectivity index (χ0n) is 13.0. The monoisotopic (exact) mass is 344 g/mol. The molecular formula is C17H16N2O4S. The van der Waals surface area contributed by atoms with Crippen LogP contribution in [-0.4, -0.2) is 30.9 Å². The van der Waals surface area contributed by atoms with Crippen molar-refractivity contribution in [3.8, 4) is 0 Å². The van der Waals surface area contributed by atoms with Gasteiger partial charge in [0.25, 0.3) is 11.8 Å². The maximum atomic E-state index is 12.4. The maximum Gasteiger partial charge on any atom is 0.337 e. The fraction of sp³-hybridized carbons (Fsp3) is 0.235. The van der Waals surface area contributed by atoms with E-state index in [1.165, 1.54) is 24.5 Å². The average molecular weight is 344 g/mol. The van der Waals surface area contributed by atoms with Crippen molar-refractivity contribution >= 4 is 34.1 Å². The number of methoxy groups -OCH3 is 1. The van der Waals surface area contributed by atoms with Crippen LogP contribution < -0.4 is 10.6 Å². The molecule has 24 heavy (non-hydrogen) atoms. The minimum Gasteiger partial charge on any atom is -0.465 e. The number of ether oxygens (including phenoxy) is 1. The van der Waals surface area contributed by atoms with Crippen LogP contribution in [0.2, 0.25) is 0 Å². The van der Waals surface area contributed by atoms with E-state index < -0.39 is 5.97 Å². The van der Waals surface area contributed by atoms with E-state index in [4.69, 9.17) is 0 Å². The lowest BCUT2D eigenvalue weighted by Crippen LogP contribution is -2.26. The van der Waals surface area contributed by atoms with Gasteiger partial charge >= 0.3 is 5.97 Å². The molecule has 0 aliphatic heterocycles. The summed E-state index contributed by atoms with van der Waals surface area (Å²) in [5.41, 5.74) is 1.06. The van der Waals surface area contributed by atoms with E-state index in [1.54, 1.807) is 29.6 Å². The first-order chi connectivity index (χ1) is 11.6. The predicted molar refractivity (Wildman–Crippen MR) is 90.5 cm³/mol. The zero-order chi connectivity index (χ0) is 17.1. The molecular weight excluding hydrogens is 328 g/mol. The Morgan fingerprint density at radius 2 is 1.88 bits per heavy atom. The Bertz CT molecular complexity index is 795. The summed E-state index contributed by atoms with van der Waals surface area (Å²) in [4.78, 5) is 36.1. The number of hydrogen-bond donors (Lipinski definition) is 2. The van der Waals surface area contributed by atoms with Gasteiger partial charge in [-0.3, -0.25) is 9.59 Å². The molecule has 1 aliphatic carbocycles. The molecule has 1 heterocycles. The van der Waals surface area contributed by atoms with Crippen molar-refractivity contribution in [2.75, 3.05) is 12.4 Å². The van der Waals surface area contributed by atoms with E-state index in [-0.39, 0.29) is 17.9 Å². The van der Waals surface area contributed by atoms with Crippen LogP contribution in [-0.2, 0) is 4.74 Å². The summed E-state index contributed by atoms with van der Waals surface area (Å²) < 4.78 is 4.65. The van der Waals surface area contributed by atoms with Crippen LogP contribution in [0.15, 0.2) is 35.7 Å². The Balaban J connectivity index is 1.74. The molecule has 1 fully saturated rings. The molecule has 0 spiro atoms. The minimum absolute atomic E-state index is 0.183. The number of carbonyl (C=O) groups excluding carboxylic acids is 3. The summed E-state index contributed by atoms with van der Waals surface area (Å²) in [5.74, 6) is -1.08. The van der Waals surface area contributed by atoms with E-state index in [1.807, 2.05) is 0 Å². The number of esters is 1. The second kappa shape index (κ2) is 6.84. The van der Waals surface area contributed by atoms with Crippen molar-refractivity contribution in [3.05, 3.63) is 52.4 Å². The molecule has 2 N–H and O–H groups in total. The Labute approximate surface area is 142 Å². The standard InChI is InChI=1S/C17H16N2O4S/c1-23-17(22)11-4-2-3-10(9-11)14(20)19-16-13(7-8-24-16)15(21)18-12-5-6-12/h2-4,7-9,12H,5-6H2,1H3,(H,18,21)(H,19,20). The number of nitrogens with one attached hydrogen (secondary N) is 2. The van der Waals surface area contributed by atoms with Gasteiger partial charge < -0.3 is 15.4 Å². The lowest BCUT2D eigenvalue weighted by molar-refractivity contribution is 0.0600.